The smallest absolute Gasteiger partial charge is 0.160 e. The molecule has 0 saturated carbocycles. The van der Waals surface area contributed by atoms with Gasteiger partial charge in [-0.1, -0.05) is 152 Å². The lowest BCUT2D eigenvalue weighted by Crippen LogP contribution is -2.03. The van der Waals surface area contributed by atoms with Crippen LogP contribution in [0.15, 0.2) is 279 Å². The summed E-state index contributed by atoms with van der Waals surface area (Å²) in [7, 11) is 0. The van der Waals surface area contributed by atoms with Crippen LogP contribution in [0, 0.1) is 45.3 Å². The van der Waals surface area contributed by atoms with E-state index in [1.165, 1.54) is 0 Å². The van der Waals surface area contributed by atoms with Crippen LogP contribution >= 0.6 is 0 Å². The lowest BCUT2D eigenvalue weighted by atomic mass is 9.97. The molecule has 0 unspecified atom stereocenters. The maximum absolute atomic E-state index is 9.72. The molecule has 0 aliphatic rings. The van der Waals surface area contributed by atoms with E-state index < -0.39 is 0 Å². The Balaban J connectivity index is 1.01. The van der Waals surface area contributed by atoms with Gasteiger partial charge < -0.3 is 9.13 Å². The Morgan fingerprint density at radius 3 is 0.898 bits per heavy atom. The number of nitrogens with zero attached hydrogens (tertiary/aromatic N) is 8. The van der Waals surface area contributed by atoms with Crippen LogP contribution in [0.5, 0.6) is 0 Å². The third-order valence-corrected chi connectivity index (χ3v) is 16.7. The molecular weight excluding hydrogens is 1070 g/mol. The molecular formula is C80H46N8. The molecule has 15 aromatic rings. The highest BCUT2D eigenvalue weighted by Gasteiger charge is 2.24. The van der Waals surface area contributed by atoms with Crippen LogP contribution in [0.2, 0.25) is 0 Å². The number of benzene rings is 12. The van der Waals surface area contributed by atoms with Gasteiger partial charge in [-0.25, -0.2) is 9.97 Å². The van der Waals surface area contributed by atoms with Crippen molar-refractivity contribution in [3.63, 3.8) is 0 Å². The fourth-order valence-electron chi connectivity index (χ4n) is 12.3. The van der Waals surface area contributed by atoms with Crippen LogP contribution in [0.3, 0.4) is 0 Å². The van der Waals surface area contributed by atoms with E-state index in [1.54, 1.807) is 0 Å². The van der Waals surface area contributed by atoms with E-state index in [4.69, 9.17) is 9.97 Å². The Labute approximate surface area is 507 Å². The second kappa shape index (κ2) is 21.8. The number of nitriles is 4. The van der Waals surface area contributed by atoms with Crippen LogP contribution in [0.25, 0.3) is 145 Å². The zero-order chi connectivity index (χ0) is 59.2. The van der Waals surface area contributed by atoms with Crippen LogP contribution < -0.4 is 0 Å². The van der Waals surface area contributed by atoms with E-state index in [2.05, 4.69) is 179 Å². The molecule has 0 aliphatic heterocycles. The third kappa shape index (κ3) is 9.26. The lowest BCUT2D eigenvalue weighted by Gasteiger charge is -2.20. The molecule has 8 nitrogen and oxygen atoms in total. The first kappa shape index (κ1) is 52.1. The molecule has 15 rings (SSSR count). The fraction of sp³-hybridized carbons (Fsp3) is 0. The van der Waals surface area contributed by atoms with E-state index in [0.717, 1.165) is 139 Å². The lowest BCUT2D eigenvalue weighted by molar-refractivity contribution is 1.15. The monoisotopic (exact) mass is 1120 g/mol. The maximum atomic E-state index is 9.72. The number of aromatic nitrogens is 4. The van der Waals surface area contributed by atoms with Gasteiger partial charge in [-0.05, 0) is 172 Å². The van der Waals surface area contributed by atoms with Crippen molar-refractivity contribution in [2.24, 2.45) is 0 Å². The molecule has 88 heavy (non-hydrogen) atoms. The summed E-state index contributed by atoms with van der Waals surface area (Å²) < 4.78 is 4.75. The number of hydrogen-bond donors (Lipinski definition) is 0. The molecule has 0 N–H and O–H groups in total. The van der Waals surface area contributed by atoms with Gasteiger partial charge in [0.2, 0.25) is 0 Å². The molecule has 406 valence electrons. The average molecular weight is 1120 g/mol. The SMILES string of the molecule is N#Cc1ccc(-c2ccc3c(c2)c2cc(-c4ccc(C#N)cc4)ccc2n3-c2ccccc2-c2cc(-c3nc(-c4ccccc4)cc(-c4ccccc4)n3)ccc2-n2c3ccc(-c4ccc(C#N)cc4)cc3c3cc(-c4ccc(C#N)cc4)ccc32)cc1. The second-order valence-electron chi connectivity index (χ2n) is 21.8. The van der Waals surface area contributed by atoms with Crippen molar-refractivity contribution in [1.82, 2.24) is 19.1 Å². The van der Waals surface area contributed by atoms with Gasteiger partial charge in [0.15, 0.2) is 5.82 Å². The molecule has 3 heterocycles. The van der Waals surface area contributed by atoms with Crippen molar-refractivity contribution in [2.75, 3.05) is 0 Å². The van der Waals surface area contributed by atoms with Gasteiger partial charge in [0, 0.05) is 49.4 Å². The molecule has 0 saturated heterocycles. The standard InChI is InChI=1S/C80H46N8/c81-47-51-15-23-55(24-16-51)61-31-36-76-68(41-61)69-42-62(56-25-17-52(48-82)18-26-56)32-37-77(69)87(76)74-14-8-7-13-66(74)67-45-65(80-85-72(59-9-3-1-4-10-59)46-73(86-80)60-11-5-2-6-12-60)35-40-75(67)88-78-38-33-63(57-27-19-53(49-83)20-28-57)43-70(78)71-44-64(34-39-79(71)88)58-29-21-54(50-84)22-30-58/h1-46H. The summed E-state index contributed by atoms with van der Waals surface area (Å²) in [6.07, 6.45) is 0. The summed E-state index contributed by atoms with van der Waals surface area (Å²) in [4.78, 5) is 10.7. The Hall–Kier alpha value is -12.7. The Morgan fingerprint density at radius 1 is 0.239 bits per heavy atom. The van der Waals surface area contributed by atoms with Gasteiger partial charge in [0.05, 0.1) is 91.4 Å². The Kier molecular flexibility index (Phi) is 12.9. The van der Waals surface area contributed by atoms with Gasteiger partial charge in [0.25, 0.3) is 0 Å². The minimum Gasteiger partial charge on any atom is -0.309 e. The summed E-state index contributed by atoms with van der Waals surface area (Å²) in [5, 5.41) is 43.0. The summed E-state index contributed by atoms with van der Waals surface area (Å²) in [6.45, 7) is 0. The van der Waals surface area contributed by atoms with E-state index in [-0.39, 0.29) is 0 Å². The van der Waals surface area contributed by atoms with Crippen molar-refractivity contribution in [3.8, 4) is 125 Å². The summed E-state index contributed by atoms with van der Waals surface area (Å²) in [5.74, 6) is 0.578. The van der Waals surface area contributed by atoms with Crippen LogP contribution in [0.1, 0.15) is 22.3 Å². The highest BCUT2D eigenvalue weighted by Crippen LogP contribution is 2.45. The minimum absolute atomic E-state index is 0.578. The number of fused-ring (bicyclic) bond motifs is 6. The van der Waals surface area contributed by atoms with E-state index in [0.29, 0.717) is 28.1 Å². The van der Waals surface area contributed by atoms with Crippen LogP contribution in [-0.4, -0.2) is 19.1 Å². The predicted octanol–water partition coefficient (Wildman–Crippen LogP) is 19.5. The largest absolute Gasteiger partial charge is 0.309 e. The fourth-order valence-corrected chi connectivity index (χ4v) is 12.3. The van der Waals surface area contributed by atoms with Crippen LogP contribution in [-0.2, 0) is 0 Å². The van der Waals surface area contributed by atoms with E-state index >= 15 is 0 Å². The first-order valence-corrected chi connectivity index (χ1v) is 28.8. The molecule has 12 aromatic carbocycles. The molecule has 0 amide bonds. The summed E-state index contributed by atoms with van der Waals surface area (Å²) >= 11 is 0. The Morgan fingerprint density at radius 2 is 0.545 bits per heavy atom. The first-order chi connectivity index (χ1) is 43.4. The van der Waals surface area contributed by atoms with Gasteiger partial charge in [-0.15, -0.1) is 0 Å². The molecule has 0 fully saturated rings. The summed E-state index contributed by atoms with van der Waals surface area (Å²) in [6, 6.07) is 104. The molecule has 3 aromatic heterocycles. The van der Waals surface area contributed by atoms with Gasteiger partial charge >= 0.3 is 0 Å². The van der Waals surface area contributed by atoms with Gasteiger partial charge in [-0.3, -0.25) is 0 Å². The highest BCUT2D eigenvalue weighted by atomic mass is 15.0. The predicted molar refractivity (Wildman–Crippen MR) is 353 cm³/mol. The third-order valence-electron chi connectivity index (χ3n) is 16.7. The quantitative estimate of drug-likeness (QED) is 0.134. The van der Waals surface area contributed by atoms with Crippen molar-refractivity contribution in [2.45, 2.75) is 0 Å². The normalized spacial score (nSPS) is 11.1. The molecule has 0 aliphatic carbocycles. The zero-order valence-corrected chi connectivity index (χ0v) is 47.1. The molecule has 8 heteroatoms. The molecule has 0 atom stereocenters. The highest BCUT2D eigenvalue weighted by molar-refractivity contribution is 6.14. The zero-order valence-electron chi connectivity index (χ0n) is 47.1. The van der Waals surface area contributed by atoms with Crippen molar-refractivity contribution in [3.05, 3.63) is 301 Å². The van der Waals surface area contributed by atoms with Crippen molar-refractivity contribution >= 4 is 43.6 Å². The Bertz CT molecular complexity index is 5150. The van der Waals surface area contributed by atoms with E-state index in [1.807, 2.05) is 133 Å². The molecule has 0 bridgehead atoms. The average Bonchev–Trinajstić information content (AvgIpc) is 1.62. The summed E-state index contributed by atoms with van der Waals surface area (Å²) in [5.41, 5.74) is 22.6. The van der Waals surface area contributed by atoms with Crippen LogP contribution in [0.4, 0.5) is 0 Å². The van der Waals surface area contributed by atoms with Crippen molar-refractivity contribution < 1.29 is 0 Å². The molecule has 0 spiro atoms. The number of hydrogen-bond acceptors (Lipinski definition) is 6. The number of para-hydroxylation sites is 1. The topological polar surface area (TPSA) is 131 Å². The first-order valence-electron chi connectivity index (χ1n) is 28.8. The van der Waals surface area contributed by atoms with Gasteiger partial charge in [-0.2, -0.15) is 21.0 Å². The second-order valence-corrected chi connectivity index (χ2v) is 21.8. The van der Waals surface area contributed by atoms with Crippen molar-refractivity contribution in [1.29, 1.82) is 21.0 Å². The maximum Gasteiger partial charge on any atom is 0.160 e. The molecule has 0 radical (unpaired) electrons. The van der Waals surface area contributed by atoms with E-state index in [9.17, 15) is 21.0 Å². The number of rotatable bonds is 10. The minimum atomic E-state index is 0.578. The van der Waals surface area contributed by atoms with Gasteiger partial charge in [0.1, 0.15) is 0 Å².